The molecule has 0 aromatic carbocycles. The molecule has 2 heteroatoms. The lowest BCUT2D eigenvalue weighted by molar-refractivity contribution is -0.113. The molecule has 0 spiro atoms. The zero-order chi connectivity index (χ0) is 20.1. The van der Waals surface area contributed by atoms with Gasteiger partial charge >= 0.3 is 0 Å². The first-order valence-electron chi connectivity index (χ1n) is 10.5. The van der Waals surface area contributed by atoms with Crippen LogP contribution in [0.3, 0.4) is 0 Å². The fourth-order valence-corrected chi connectivity index (χ4v) is 5.71. The molecule has 2 aromatic heterocycles. The van der Waals surface area contributed by atoms with Crippen molar-refractivity contribution >= 4 is 0 Å². The van der Waals surface area contributed by atoms with Crippen molar-refractivity contribution in [3.05, 3.63) is 60.2 Å². The highest BCUT2D eigenvalue weighted by Gasteiger charge is 2.67. The number of pyridine rings is 2. The van der Waals surface area contributed by atoms with Crippen molar-refractivity contribution in [3.8, 4) is 47.4 Å². The van der Waals surface area contributed by atoms with E-state index in [4.69, 9.17) is 0 Å². The molecular weight excluding hydrogens is 364 g/mol. The van der Waals surface area contributed by atoms with E-state index in [2.05, 4.69) is 57.3 Å². The Morgan fingerprint density at radius 3 is 1.20 bits per heavy atom. The summed E-state index contributed by atoms with van der Waals surface area (Å²) in [6, 6.07) is 7.85. The van der Waals surface area contributed by atoms with Gasteiger partial charge < -0.3 is 0 Å². The number of aromatic nitrogens is 2. The Morgan fingerprint density at radius 1 is 0.500 bits per heavy atom. The Balaban J connectivity index is 1.02. The van der Waals surface area contributed by atoms with Gasteiger partial charge in [-0.25, -0.2) is 0 Å². The van der Waals surface area contributed by atoms with Gasteiger partial charge in [0.15, 0.2) is 0 Å². The molecule has 6 saturated carbocycles. The fourth-order valence-electron chi connectivity index (χ4n) is 5.71. The smallest absolute Gasteiger partial charge is 0.0368 e. The van der Waals surface area contributed by atoms with Crippen LogP contribution in [-0.4, -0.2) is 9.97 Å². The van der Waals surface area contributed by atoms with Crippen LogP contribution in [0.1, 0.15) is 49.7 Å². The molecule has 2 aromatic rings. The van der Waals surface area contributed by atoms with Crippen LogP contribution in [0.4, 0.5) is 0 Å². The first kappa shape index (κ1) is 17.4. The van der Waals surface area contributed by atoms with Crippen molar-refractivity contribution in [2.75, 3.05) is 0 Å². The van der Waals surface area contributed by atoms with Gasteiger partial charge in [-0.3, -0.25) is 9.97 Å². The zero-order valence-electron chi connectivity index (χ0n) is 16.8. The molecular formula is C28H20N2. The minimum absolute atomic E-state index is 0.193. The van der Waals surface area contributed by atoms with E-state index in [9.17, 15) is 0 Å². The quantitative estimate of drug-likeness (QED) is 0.636. The fraction of sp³-hybridized carbons (Fsp3) is 0.357. The summed E-state index contributed by atoms with van der Waals surface area (Å²) >= 11 is 0. The zero-order valence-corrected chi connectivity index (χ0v) is 16.8. The summed E-state index contributed by atoms with van der Waals surface area (Å²) in [5.41, 5.74) is 2.89. The van der Waals surface area contributed by atoms with Crippen molar-refractivity contribution in [3.63, 3.8) is 0 Å². The van der Waals surface area contributed by atoms with Gasteiger partial charge in [-0.1, -0.05) is 35.5 Å². The lowest BCUT2D eigenvalue weighted by Crippen LogP contribution is -2.60. The Morgan fingerprint density at radius 2 is 0.833 bits per heavy atom. The predicted molar refractivity (Wildman–Crippen MR) is 115 cm³/mol. The van der Waals surface area contributed by atoms with Crippen LogP contribution in [0.15, 0.2) is 49.1 Å². The largest absolute Gasteiger partial charge is 0.265 e. The Hall–Kier alpha value is -3.46. The lowest BCUT2D eigenvalue weighted by Gasteiger charge is -2.66. The molecule has 6 fully saturated rings. The topological polar surface area (TPSA) is 25.8 Å². The van der Waals surface area contributed by atoms with E-state index in [1.165, 1.54) is 0 Å². The minimum Gasteiger partial charge on any atom is -0.265 e. The van der Waals surface area contributed by atoms with Crippen LogP contribution in [0.5, 0.6) is 0 Å². The molecule has 6 aliphatic carbocycles. The summed E-state index contributed by atoms with van der Waals surface area (Å²) in [5, 5.41) is 0. The maximum Gasteiger partial charge on any atom is 0.0368 e. The molecule has 0 saturated heterocycles. The van der Waals surface area contributed by atoms with Crippen LogP contribution in [0, 0.1) is 69.0 Å². The Kier molecular flexibility index (Phi) is 3.49. The van der Waals surface area contributed by atoms with Gasteiger partial charge in [0, 0.05) is 57.6 Å². The average molecular weight is 384 g/mol. The molecule has 0 radical (unpaired) electrons. The lowest BCUT2D eigenvalue weighted by atomic mass is 9.35. The monoisotopic (exact) mass is 384 g/mol. The third-order valence-electron chi connectivity index (χ3n) is 7.08. The second-order valence-electron chi connectivity index (χ2n) is 9.65. The maximum atomic E-state index is 4.03. The first-order chi connectivity index (χ1) is 14.6. The molecule has 0 unspecified atom stereocenters. The highest BCUT2D eigenvalue weighted by atomic mass is 14.7. The highest BCUT2D eigenvalue weighted by molar-refractivity contribution is 5.47. The molecule has 0 amide bonds. The normalized spacial score (nSPS) is 35.3. The molecule has 142 valence electrons. The molecule has 6 aliphatic rings. The number of rotatable bonds is 0. The van der Waals surface area contributed by atoms with Crippen molar-refractivity contribution in [1.29, 1.82) is 0 Å². The van der Waals surface area contributed by atoms with E-state index in [1.807, 2.05) is 24.3 Å². The van der Waals surface area contributed by atoms with Gasteiger partial charge in [0.1, 0.15) is 0 Å². The van der Waals surface area contributed by atoms with Gasteiger partial charge in [-0.05, 0) is 74.6 Å². The summed E-state index contributed by atoms with van der Waals surface area (Å²) in [4.78, 5) is 8.07. The average Bonchev–Trinajstić information content (AvgIpc) is 2.66. The van der Waals surface area contributed by atoms with Gasteiger partial charge in [-0.2, -0.15) is 0 Å². The van der Waals surface area contributed by atoms with Gasteiger partial charge in [0.2, 0.25) is 0 Å². The molecule has 4 bridgehead atoms. The second-order valence-corrected chi connectivity index (χ2v) is 9.65. The molecule has 2 heterocycles. The van der Waals surface area contributed by atoms with Crippen molar-refractivity contribution in [1.82, 2.24) is 9.97 Å². The summed E-state index contributed by atoms with van der Waals surface area (Å²) in [6.07, 6.45) is 13.8. The van der Waals surface area contributed by atoms with E-state index < -0.39 is 0 Å². The molecule has 0 aliphatic heterocycles. The Labute approximate surface area is 177 Å². The van der Waals surface area contributed by atoms with E-state index in [1.54, 1.807) is 24.8 Å². The third kappa shape index (κ3) is 2.81. The van der Waals surface area contributed by atoms with Crippen molar-refractivity contribution in [2.45, 2.75) is 38.5 Å². The van der Waals surface area contributed by atoms with Crippen molar-refractivity contribution < 1.29 is 0 Å². The summed E-state index contributed by atoms with van der Waals surface area (Å²) < 4.78 is 0. The van der Waals surface area contributed by atoms with Gasteiger partial charge in [0.05, 0.1) is 0 Å². The minimum atomic E-state index is 0.193. The summed E-state index contributed by atoms with van der Waals surface area (Å²) in [7, 11) is 0. The third-order valence-corrected chi connectivity index (χ3v) is 7.08. The number of hydrogen-bond donors (Lipinski definition) is 0. The highest BCUT2D eigenvalue weighted by Crippen LogP contribution is 2.73. The summed E-state index contributed by atoms with van der Waals surface area (Å²) in [5.74, 6) is 26.7. The maximum absolute atomic E-state index is 4.03. The predicted octanol–water partition coefficient (Wildman–Crippen LogP) is 4.23. The van der Waals surface area contributed by atoms with Gasteiger partial charge in [0.25, 0.3) is 0 Å². The SMILES string of the molecule is C(C#CC12CC(C#Cc3ccncc3)(C1)C2)#CC12CC(C#Cc3ccncc3)(C1)C2. The summed E-state index contributed by atoms with van der Waals surface area (Å²) in [6.45, 7) is 0. The molecule has 0 atom stereocenters. The Bertz CT molecular complexity index is 1130. The van der Waals surface area contributed by atoms with Crippen LogP contribution in [0.25, 0.3) is 0 Å². The van der Waals surface area contributed by atoms with Crippen LogP contribution >= 0.6 is 0 Å². The second kappa shape index (κ2) is 6.02. The standard InChI is InChI=1S/C28H20N2/c1(9-25-17-27(18-25,19-25)11-3-23-5-13-29-14-6-23)2-10-26-20-28(21-26,22-26)12-4-24-7-15-30-16-8-24/h5-8,13-16H,17-22H2. The van der Waals surface area contributed by atoms with E-state index in [0.717, 1.165) is 49.7 Å². The number of hydrogen-bond acceptors (Lipinski definition) is 2. The van der Waals surface area contributed by atoms with Crippen LogP contribution in [-0.2, 0) is 0 Å². The molecule has 8 rings (SSSR count). The first-order valence-corrected chi connectivity index (χ1v) is 10.5. The van der Waals surface area contributed by atoms with Crippen LogP contribution < -0.4 is 0 Å². The van der Waals surface area contributed by atoms with E-state index in [-0.39, 0.29) is 21.7 Å². The molecule has 0 N–H and O–H groups in total. The number of nitrogens with zero attached hydrogens (tertiary/aromatic N) is 2. The molecule has 30 heavy (non-hydrogen) atoms. The van der Waals surface area contributed by atoms with Crippen LogP contribution in [0.2, 0.25) is 0 Å². The van der Waals surface area contributed by atoms with E-state index >= 15 is 0 Å². The molecule has 2 nitrogen and oxygen atoms in total. The van der Waals surface area contributed by atoms with Gasteiger partial charge in [-0.15, -0.1) is 0 Å². The van der Waals surface area contributed by atoms with E-state index in [0.29, 0.717) is 0 Å². The van der Waals surface area contributed by atoms with Crippen molar-refractivity contribution in [2.24, 2.45) is 21.7 Å².